The van der Waals surface area contributed by atoms with Crippen LogP contribution >= 0.6 is 11.6 Å². The standard InChI is InChI=1S/C19H21ClN4O3/c1-26-15-7-8-18(27-2)13(9-15)11-21-24-19(25)17-10-16(22-23-17)12-3-5-14(20)6-4-12/h3-9,11,16-17,22-23H,10H2,1-2H3,(H,24,25)/b21-11+. The number of benzene rings is 2. The van der Waals surface area contributed by atoms with Gasteiger partial charge in [0.1, 0.15) is 17.5 Å². The molecule has 3 N–H and O–H groups in total. The number of methoxy groups -OCH3 is 2. The van der Waals surface area contributed by atoms with Gasteiger partial charge in [-0.25, -0.2) is 16.3 Å². The maximum atomic E-state index is 12.3. The molecular formula is C19H21ClN4O3. The molecule has 3 rings (SSSR count). The van der Waals surface area contributed by atoms with Crippen LogP contribution in [0.15, 0.2) is 47.6 Å². The smallest absolute Gasteiger partial charge is 0.258 e. The van der Waals surface area contributed by atoms with Gasteiger partial charge in [-0.1, -0.05) is 23.7 Å². The third-order valence-electron chi connectivity index (χ3n) is 4.31. The molecule has 1 amide bonds. The van der Waals surface area contributed by atoms with Crippen LogP contribution in [0.3, 0.4) is 0 Å². The lowest BCUT2D eigenvalue weighted by molar-refractivity contribution is -0.122. The average molecular weight is 389 g/mol. The van der Waals surface area contributed by atoms with Crippen molar-refractivity contribution in [3.63, 3.8) is 0 Å². The fraction of sp³-hybridized carbons (Fsp3) is 0.263. The first-order valence-electron chi connectivity index (χ1n) is 8.42. The minimum absolute atomic E-state index is 0.0282. The number of hydrazine groups is 1. The number of nitrogens with zero attached hydrogens (tertiary/aromatic N) is 1. The molecule has 1 aliphatic heterocycles. The van der Waals surface area contributed by atoms with Gasteiger partial charge in [0.25, 0.3) is 5.91 Å². The molecule has 0 spiro atoms. The molecule has 2 aromatic carbocycles. The molecule has 2 aromatic rings. The predicted octanol–water partition coefficient (Wildman–Crippen LogP) is 2.42. The molecule has 0 aromatic heterocycles. The minimum Gasteiger partial charge on any atom is -0.497 e. The van der Waals surface area contributed by atoms with Crippen LogP contribution in [0, 0.1) is 0 Å². The number of nitrogens with one attached hydrogen (secondary N) is 3. The van der Waals surface area contributed by atoms with Crippen molar-refractivity contribution in [1.29, 1.82) is 0 Å². The summed E-state index contributed by atoms with van der Waals surface area (Å²) in [6, 6.07) is 12.5. The largest absolute Gasteiger partial charge is 0.497 e. The Hall–Kier alpha value is -2.61. The van der Waals surface area contributed by atoms with Crippen LogP contribution in [0.1, 0.15) is 23.6 Å². The van der Waals surface area contributed by atoms with Gasteiger partial charge in [-0.05, 0) is 42.3 Å². The van der Waals surface area contributed by atoms with Crippen molar-refractivity contribution in [2.45, 2.75) is 18.5 Å². The highest BCUT2D eigenvalue weighted by molar-refractivity contribution is 6.30. The zero-order valence-corrected chi connectivity index (χ0v) is 15.8. The van der Waals surface area contributed by atoms with Gasteiger partial charge in [0.2, 0.25) is 0 Å². The van der Waals surface area contributed by atoms with E-state index in [1.807, 2.05) is 24.3 Å². The van der Waals surface area contributed by atoms with E-state index < -0.39 is 6.04 Å². The van der Waals surface area contributed by atoms with Crippen LogP contribution in [0.25, 0.3) is 0 Å². The molecule has 2 unspecified atom stereocenters. The molecule has 1 aliphatic rings. The first-order valence-corrected chi connectivity index (χ1v) is 8.80. The van der Waals surface area contributed by atoms with Crippen LogP contribution in [-0.2, 0) is 4.79 Å². The second-order valence-corrected chi connectivity index (χ2v) is 6.46. The molecule has 1 saturated heterocycles. The summed E-state index contributed by atoms with van der Waals surface area (Å²) in [5.41, 5.74) is 10.4. The number of halogens is 1. The maximum Gasteiger partial charge on any atom is 0.258 e. The Morgan fingerprint density at radius 2 is 1.96 bits per heavy atom. The molecule has 1 heterocycles. The third-order valence-corrected chi connectivity index (χ3v) is 4.56. The Labute approximate surface area is 162 Å². The van der Waals surface area contributed by atoms with E-state index in [-0.39, 0.29) is 11.9 Å². The van der Waals surface area contributed by atoms with E-state index in [9.17, 15) is 4.79 Å². The molecule has 0 radical (unpaired) electrons. The molecule has 142 valence electrons. The first-order chi connectivity index (χ1) is 13.1. The van der Waals surface area contributed by atoms with Crippen LogP contribution in [0.4, 0.5) is 0 Å². The second-order valence-electron chi connectivity index (χ2n) is 6.02. The van der Waals surface area contributed by atoms with Gasteiger partial charge in [-0.3, -0.25) is 4.79 Å². The highest BCUT2D eigenvalue weighted by Crippen LogP contribution is 2.24. The number of hydrogen-bond acceptors (Lipinski definition) is 6. The summed E-state index contributed by atoms with van der Waals surface area (Å²) in [6.45, 7) is 0. The van der Waals surface area contributed by atoms with Crippen LogP contribution < -0.4 is 25.8 Å². The molecule has 0 saturated carbocycles. The lowest BCUT2D eigenvalue weighted by Crippen LogP contribution is -2.41. The van der Waals surface area contributed by atoms with Crippen molar-refractivity contribution < 1.29 is 14.3 Å². The first kappa shape index (κ1) is 19.2. The van der Waals surface area contributed by atoms with Crippen molar-refractivity contribution in [2.24, 2.45) is 5.10 Å². The molecule has 0 bridgehead atoms. The molecule has 7 nitrogen and oxygen atoms in total. The minimum atomic E-state index is -0.393. The summed E-state index contributed by atoms with van der Waals surface area (Å²) >= 11 is 5.91. The van der Waals surface area contributed by atoms with Gasteiger partial charge in [0, 0.05) is 16.6 Å². The van der Waals surface area contributed by atoms with Gasteiger partial charge in [-0.15, -0.1) is 0 Å². The summed E-state index contributed by atoms with van der Waals surface area (Å²) < 4.78 is 10.5. The van der Waals surface area contributed by atoms with E-state index in [2.05, 4.69) is 21.4 Å². The van der Waals surface area contributed by atoms with Crippen molar-refractivity contribution in [3.8, 4) is 11.5 Å². The highest BCUT2D eigenvalue weighted by atomic mass is 35.5. The summed E-state index contributed by atoms with van der Waals surface area (Å²) in [4.78, 5) is 12.3. The van der Waals surface area contributed by atoms with Crippen molar-refractivity contribution in [1.82, 2.24) is 16.3 Å². The topological polar surface area (TPSA) is 84.0 Å². The summed E-state index contributed by atoms with van der Waals surface area (Å²) in [5.74, 6) is 1.09. The highest BCUT2D eigenvalue weighted by Gasteiger charge is 2.29. The second kappa shape index (κ2) is 8.85. The van der Waals surface area contributed by atoms with E-state index in [1.165, 1.54) is 6.21 Å². The average Bonchev–Trinajstić information content (AvgIpc) is 3.18. The number of hydrazone groups is 1. The van der Waals surface area contributed by atoms with Gasteiger partial charge in [-0.2, -0.15) is 5.10 Å². The quantitative estimate of drug-likeness (QED) is 0.523. The van der Waals surface area contributed by atoms with E-state index in [0.717, 1.165) is 5.56 Å². The lowest BCUT2D eigenvalue weighted by Gasteiger charge is -2.09. The summed E-state index contributed by atoms with van der Waals surface area (Å²) in [6.07, 6.45) is 2.13. The number of rotatable bonds is 6. The molecule has 1 fully saturated rings. The summed E-state index contributed by atoms with van der Waals surface area (Å²) in [7, 11) is 3.16. The zero-order chi connectivity index (χ0) is 19.2. The molecule has 0 aliphatic carbocycles. The van der Waals surface area contributed by atoms with Gasteiger partial charge >= 0.3 is 0 Å². The Bertz CT molecular complexity index is 826. The van der Waals surface area contributed by atoms with Gasteiger partial charge in [0.05, 0.1) is 20.4 Å². The number of carbonyl (C=O) groups is 1. The van der Waals surface area contributed by atoms with Gasteiger partial charge < -0.3 is 9.47 Å². The van der Waals surface area contributed by atoms with Crippen molar-refractivity contribution >= 4 is 23.7 Å². The summed E-state index contributed by atoms with van der Waals surface area (Å²) in [5, 5.41) is 4.72. The lowest BCUT2D eigenvalue weighted by atomic mass is 10.0. The van der Waals surface area contributed by atoms with E-state index in [0.29, 0.717) is 28.5 Å². The van der Waals surface area contributed by atoms with E-state index >= 15 is 0 Å². The third kappa shape index (κ3) is 4.77. The van der Waals surface area contributed by atoms with Gasteiger partial charge in [0.15, 0.2) is 0 Å². The van der Waals surface area contributed by atoms with Crippen molar-refractivity contribution in [3.05, 3.63) is 58.6 Å². The van der Waals surface area contributed by atoms with E-state index in [4.69, 9.17) is 21.1 Å². The Morgan fingerprint density at radius 3 is 2.67 bits per heavy atom. The fourth-order valence-corrected chi connectivity index (χ4v) is 2.95. The van der Waals surface area contributed by atoms with Crippen LogP contribution in [-0.4, -0.2) is 32.4 Å². The normalized spacial score (nSPS) is 19.2. The van der Waals surface area contributed by atoms with Crippen LogP contribution in [0.2, 0.25) is 5.02 Å². The molecule has 8 heteroatoms. The predicted molar refractivity (Wildman–Crippen MR) is 104 cm³/mol. The monoisotopic (exact) mass is 388 g/mol. The van der Waals surface area contributed by atoms with Crippen molar-refractivity contribution in [2.75, 3.05) is 14.2 Å². The number of hydrogen-bond donors (Lipinski definition) is 3. The molecule has 27 heavy (non-hydrogen) atoms. The molecular weight excluding hydrogens is 368 g/mol. The number of amides is 1. The Morgan fingerprint density at radius 1 is 1.19 bits per heavy atom. The molecule has 2 atom stereocenters. The number of ether oxygens (including phenoxy) is 2. The SMILES string of the molecule is COc1ccc(OC)c(/C=N/NC(=O)C2CC(c3ccc(Cl)cc3)NN2)c1. The zero-order valence-electron chi connectivity index (χ0n) is 15.0. The maximum absolute atomic E-state index is 12.3. The van der Waals surface area contributed by atoms with Crippen LogP contribution in [0.5, 0.6) is 11.5 Å². The van der Waals surface area contributed by atoms with E-state index in [1.54, 1.807) is 32.4 Å². The number of carbonyl (C=O) groups excluding carboxylic acids is 1. The Balaban J connectivity index is 1.58. The Kier molecular flexibility index (Phi) is 6.28. The fourth-order valence-electron chi connectivity index (χ4n) is 2.83.